The van der Waals surface area contributed by atoms with Crippen molar-refractivity contribution in [3.63, 3.8) is 0 Å². The number of carbonyl (C=O) groups is 2. The number of amides is 2. The van der Waals surface area contributed by atoms with Gasteiger partial charge in [-0.25, -0.2) is 0 Å². The van der Waals surface area contributed by atoms with E-state index in [1.54, 1.807) is 12.3 Å². The summed E-state index contributed by atoms with van der Waals surface area (Å²) in [7, 11) is 0. The fraction of sp³-hybridized carbons (Fsp3) is 0.469. The summed E-state index contributed by atoms with van der Waals surface area (Å²) in [6.45, 7) is 2.23. The third kappa shape index (κ3) is 0.531. The van der Waals surface area contributed by atoms with Gasteiger partial charge in [-0.2, -0.15) is 0 Å². The van der Waals surface area contributed by atoms with Gasteiger partial charge in [0, 0.05) is 0 Å². The summed E-state index contributed by atoms with van der Waals surface area (Å²) in [6, 6.07) is 8.98. The molecule has 8 heteroatoms. The van der Waals surface area contributed by atoms with Gasteiger partial charge in [-0.15, -0.1) is 0 Å². The van der Waals surface area contributed by atoms with Crippen molar-refractivity contribution >= 4 is 17.5 Å². The molecule has 13 rings (SSSR count). The van der Waals surface area contributed by atoms with Gasteiger partial charge in [-0.3, -0.25) is 0 Å². The number of fused-ring (bicyclic) bond motifs is 10. The predicted octanol–water partition coefficient (Wildman–Crippen LogP) is 6.61. The molecule has 1 aromatic carbocycles. The SMILES string of the molecule is C#Cc1cc(C(=O)N(c2ccc(-c3cnco3)cc2)C(C(=O)NC(C)(C)C)[C]23[CH]4[CH]5[CH]6[CH]2[Fe]56432789[CH]3[CH]2[CH]7[CH]8[CH]39)co1. The number of nitrogens with zero attached hydrogens (tertiary/aromatic N) is 2. The number of hydrogen-bond donors (Lipinski definition) is 1. The van der Waals surface area contributed by atoms with E-state index >= 15 is 0 Å². The number of furan rings is 1. The summed E-state index contributed by atoms with van der Waals surface area (Å²) in [5.41, 5.74) is 1.61. The van der Waals surface area contributed by atoms with Gasteiger partial charge in [-0.1, -0.05) is 0 Å². The van der Waals surface area contributed by atoms with E-state index in [2.05, 4.69) is 16.2 Å². The van der Waals surface area contributed by atoms with Gasteiger partial charge >= 0.3 is 222 Å². The van der Waals surface area contributed by atoms with Crippen LogP contribution in [0.1, 0.15) is 36.9 Å². The first-order valence-electron chi connectivity index (χ1n) is 14.4. The quantitative estimate of drug-likeness (QED) is 0.264. The van der Waals surface area contributed by atoms with Gasteiger partial charge in [-0.05, 0) is 0 Å². The fourth-order valence-electron chi connectivity index (χ4n) is 20.3. The topological polar surface area (TPSA) is 88.6 Å². The van der Waals surface area contributed by atoms with E-state index in [9.17, 15) is 9.59 Å². The van der Waals surface area contributed by atoms with E-state index in [0.29, 0.717) is 17.1 Å². The molecule has 0 bridgehead atoms. The Kier molecular flexibility index (Phi) is 1.46. The molecule has 3 aromatic rings. The van der Waals surface area contributed by atoms with Crippen LogP contribution < -0.4 is 10.2 Å². The Morgan fingerprint density at radius 2 is 1.70 bits per heavy atom. The van der Waals surface area contributed by atoms with Crippen molar-refractivity contribution in [2.45, 2.75) is 80.0 Å². The van der Waals surface area contributed by atoms with Crippen LogP contribution in [0.3, 0.4) is 0 Å². The Hall–Kier alpha value is -3.27. The van der Waals surface area contributed by atoms with Gasteiger partial charge in [0.1, 0.15) is 0 Å². The zero-order chi connectivity index (χ0) is 26.9. The average molecular weight is 575 g/mol. The summed E-state index contributed by atoms with van der Waals surface area (Å²) in [5, 5.41) is 3.37. The second-order valence-electron chi connectivity index (χ2n) is 17.3. The first-order chi connectivity index (χ1) is 18.9. The Morgan fingerprint density at radius 1 is 1.05 bits per heavy atom. The van der Waals surface area contributed by atoms with Crippen LogP contribution in [0, 0.1) is 12.3 Å². The number of nitrogens with one attached hydrogen (secondary N) is 1. The van der Waals surface area contributed by atoms with Gasteiger partial charge in [0.25, 0.3) is 0 Å². The Morgan fingerprint density at radius 3 is 2.15 bits per heavy atom. The van der Waals surface area contributed by atoms with Crippen molar-refractivity contribution in [3.05, 3.63) is 60.5 Å². The summed E-state index contributed by atoms with van der Waals surface area (Å²) < 4.78 is 11.1. The van der Waals surface area contributed by atoms with Crippen LogP contribution in [0.15, 0.2) is 58.0 Å². The molecule has 7 nitrogen and oxygen atoms in total. The maximum absolute atomic E-state index is 14.7. The summed E-state index contributed by atoms with van der Waals surface area (Å²) >= 11 is 0. The molecular weight excluding hydrogens is 546 g/mol. The number of aromatic nitrogens is 1. The molecule has 0 radical (unpaired) electrons. The van der Waals surface area contributed by atoms with E-state index in [1.807, 2.05) is 49.9 Å². The minimum atomic E-state index is -3.88. The minimum absolute atomic E-state index is 0.0221. The molecule has 5 atom stereocenters. The third-order valence-electron chi connectivity index (χ3n) is 19.3. The Bertz CT molecular complexity index is 2150. The molecule has 0 aliphatic carbocycles. The van der Waals surface area contributed by atoms with Crippen molar-refractivity contribution in [2.75, 3.05) is 4.90 Å². The van der Waals surface area contributed by atoms with E-state index in [0.717, 1.165) is 54.6 Å². The standard InChI is InChI=1S/C27H24N3O4.C5H5.Fe/c1-5-22-14-20(16-33-22)26(32)30(21-12-10-18(11-13-21)23-15-28-17-34-23)24(19-8-6-7-9-19)25(31)29-27(2,3)4;1-2-4-5-3-1;/h1,6-17,24H,2-4H3,(H,29,31);1-5H;. The van der Waals surface area contributed by atoms with Gasteiger partial charge < -0.3 is 0 Å². The molecule has 2 amide bonds. The summed E-state index contributed by atoms with van der Waals surface area (Å²) in [4.78, 5) is 44.0. The van der Waals surface area contributed by atoms with Crippen LogP contribution >= 0.6 is 0 Å². The van der Waals surface area contributed by atoms with Crippen molar-refractivity contribution in [1.29, 1.82) is 0 Å². The molecule has 40 heavy (non-hydrogen) atoms. The normalized spacial score (nSPS) is 58.1. The first-order valence-corrected chi connectivity index (χ1v) is 20.6. The number of oxazole rings is 1. The number of rotatable bonds is 6. The number of anilines is 1. The molecule has 10 aliphatic rings. The van der Waals surface area contributed by atoms with E-state index in [-0.39, 0.29) is 16.1 Å². The number of terminal acetylenes is 1. The number of hydrogen-bond acceptors (Lipinski definition) is 5. The average Bonchev–Trinajstić information content (AvgIpc) is 3.75. The zero-order valence-electron chi connectivity index (χ0n) is 22.4. The number of carbonyl (C=O) groups excluding carboxylic acids is 2. The molecule has 1 spiro atoms. The van der Waals surface area contributed by atoms with E-state index in [1.165, 1.54) is 12.7 Å². The van der Waals surface area contributed by atoms with Crippen LogP contribution in [-0.2, 0) is 11.3 Å². The van der Waals surface area contributed by atoms with Gasteiger partial charge in [0.2, 0.25) is 0 Å². The second-order valence-corrected chi connectivity index (χ2v) is 40.9. The molecular formula is C32H29FeN3O4. The molecule has 0 saturated carbocycles. The molecule has 12 heterocycles. The van der Waals surface area contributed by atoms with Gasteiger partial charge in [0.15, 0.2) is 0 Å². The first kappa shape index (κ1) is 19.7. The molecule has 5 unspecified atom stereocenters. The Labute approximate surface area is 221 Å². The summed E-state index contributed by atoms with van der Waals surface area (Å²) in [5.74, 6) is 3.30. The van der Waals surface area contributed by atoms with E-state index in [4.69, 9.17) is 15.3 Å². The molecule has 10 fully saturated rings. The predicted molar refractivity (Wildman–Crippen MR) is 144 cm³/mol. The van der Waals surface area contributed by atoms with Crippen molar-refractivity contribution in [2.24, 2.45) is 0 Å². The molecule has 1 N–H and O–H groups in total. The Balaban J connectivity index is 1.04. The van der Waals surface area contributed by atoms with Crippen LogP contribution in [0.2, 0.25) is 47.7 Å². The van der Waals surface area contributed by atoms with Crippen molar-refractivity contribution < 1.29 is 24.9 Å². The van der Waals surface area contributed by atoms with Crippen LogP contribution in [0.5, 0.6) is 0 Å². The molecule has 10 saturated heterocycles. The van der Waals surface area contributed by atoms with Crippen LogP contribution in [-0.4, -0.2) is 28.4 Å². The maximum atomic E-state index is 14.7. The number of benzene rings is 1. The second kappa shape index (κ2) is 2.96. The van der Waals surface area contributed by atoms with Crippen LogP contribution in [0.25, 0.3) is 11.3 Å². The van der Waals surface area contributed by atoms with Crippen molar-refractivity contribution in [3.8, 4) is 23.7 Å². The molecule has 204 valence electrons. The third-order valence-corrected chi connectivity index (χ3v) is 61.9. The molecule has 2 aromatic heterocycles. The monoisotopic (exact) mass is 575 g/mol. The van der Waals surface area contributed by atoms with Crippen molar-refractivity contribution in [1.82, 2.24) is 10.3 Å². The molecule has 10 aliphatic heterocycles. The van der Waals surface area contributed by atoms with Gasteiger partial charge in [0.05, 0.1) is 0 Å². The van der Waals surface area contributed by atoms with Crippen LogP contribution in [0.4, 0.5) is 5.69 Å². The fourth-order valence-corrected chi connectivity index (χ4v) is 95.0. The summed E-state index contributed by atoms with van der Waals surface area (Å²) in [6.07, 6.45) is 10.1. The zero-order valence-corrected chi connectivity index (χ0v) is 23.5. The van der Waals surface area contributed by atoms with E-state index < -0.39 is 18.1 Å².